The van der Waals surface area contributed by atoms with Crippen molar-refractivity contribution in [2.24, 2.45) is 5.73 Å². The predicted octanol–water partition coefficient (Wildman–Crippen LogP) is 0.980. The molecule has 1 aromatic heterocycles. The van der Waals surface area contributed by atoms with Crippen molar-refractivity contribution in [2.45, 2.75) is 38.8 Å². The molecule has 0 spiro atoms. The maximum absolute atomic E-state index is 11.3. The SMILES string of the molecule is Cc1nc(C2CCOCC2)n2c1CN(C(N)=O)CC2. The quantitative estimate of drug-likeness (QED) is 0.821. The number of nitrogens with two attached hydrogens (primary N) is 1. The summed E-state index contributed by atoms with van der Waals surface area (Å²) in [5.41, 5.74) is 7.52. The fourth-order valence-electron chi connectivity index (χ4n) is 3.02. The number of hydrogen-bond acceptors (Lipinski definition) is 3. The Hall–Kier alpha value is -1.56. The summed E-state index contributed by atoms with van der Waals surface area (Å²) in [5.74, 6) is 1.65. The molecular formula is C13H20N4O2. The standard InChI is InChI=1S/C13H20N4O2/c1-9-11-8-16(13(14)18)4-5-17(11)12(15-9)10-2-6-19-7-3-10/h10H,2-8H2,1H3,(H2,14,18). The van der Waals surface area contributed by atoms with Gasteiger partial charge in [-0.15, -0.1) is 0 Å². The summed E-state index contributed by atoms with van der Waals surface area (Å²) in [6.07, 6.45) is 2.07. The molecule has 0 aliphatic carbocycles. The van der Waals surface area contributed by atoms with Crippen molar-refractivity contribution in [1.29, 1.82) is 0 Å². The second kappa shape index (κ2) is 4.85. The van der Waals surface area contributed by atoms with E-state index in [9.17, 15) is 4.79 Å². The van der Waals surface area contributed by atoms with E-state index in [2.05, 4.69) is 4.57 Å². The third-order valence-corrected chi connectivity index (χ3v) is 4.13. The number of amides is 2. The highest BCUT2D eigenvalue weighted by Gasteiger charge is 2.28. The van der Waals surface area contributed by atoms with Crippen LogP contribution in [0.15, 0.2) is 0 Å². The van der Waals surface area contributed by atoms with Gasteiger partial charge in [-0.05, 0) is 19.8 Å². The van der Waals surface area contributed by atoms with Gasteiger partial charge < -0.3 is 19.9 Å². The summed E-state index contributed by atoms with van der Waals surface area (Å²) in [6.45, 7) is 5.70. The number of carbonyl (C=O) groups excluding carboxylic acids is 1. The van der Waals surface area contributed by atoms with Crippen molar-refractivity contribution in [3.63, 3.8) is 0 Å². The van der Waals surface area contributed by atoms with E-state index in [1.165, 1.54) is 5.82 Å². The van der Waals surface area contributed by atoms with Gasteiger partial charge >= 0.3 is 6.03 Å². The number of nitrogens with zero attached hydrogens (tertiary/aromatic N) is 3. The number of fused-ring (bicyclic) bond motifs is 1. The van der Waals surface area contributed by atoms with Crippen LogP contribution in [0.2, 0.25) is 0 Å². The molecule has 2 N–H and O–H groups in total. The van der Waals surface area contributed by atoms with Gasteiger partial charge in [0.05, 0.1) is 17.9 Å². The van der Waals surface area contributed by atoms with Crippen molar-refractivity contribution in [1.82, 2.24) is 14.5 Å². The van der Waals surface area contributed by atoms with Gasteiger partial charge in [-0.1, -0.05) is 0 Å². The Morgan fingerprint density at radius 1 is 1.37 bits per heavy atom. The number of urea groups is 1. The van der Waals surface area contributed by atoms with Crippen LogP contribution >= 0.6 is 0 Å². The smallest absolute Gasteiger partial charge is 0.315 e. The molecule has 6 nitrogen and oxygen atoms in total. The summed E-state index contributed by atoms with van der Waals surface area (Å²) in [6, 6.07) is -0.348. The molecule has 3 rings (SSSR count). The molecule has 2 aliphatic rings. The minimum atomic E-state index is -0.348. The van der Waals surface area contributed by atoms with Gasteiger partial charge in [0.15, 0.2) is 0 Å². The Bertz CT molecular complexity index is 491. The van der Waals surface area contributed by atoms with Crippen LogP contribution in [0.1, 0.15) is 36.0 Å². The Labute approximate surface area is 112 Å². The van der Waals surface area contributed by atoms with Gasteiger partial charge in [-0.25, -0.2) is 9.78 Å². The number of carbonyl (C=O) groups is 1. The highest BCUT2D eigenvalue weighted by Crippen LogP contribution is 2.29. The number of ether oxygens (including phenoxy) is 1. The molecule has 0 unspecified atom stereocenters. The van der Waals surface area contributed by atoms with Crippen LogP contribution in [0.3, 0.4) is 0 Å². The number of rotatable bonds is 1. The molecule has 0 aromatic carbocycles. The normalized spacial score (nSPS) is 20.4. The maximum Gasteiger partial charge on any atom is 0.315 e. The number of primary amides is 1. The Morgan fingerprint density at radius 3 is 2.79 bits per heavy atom. The fraction of sp³-hybridized carbons (Fsp3) is 0.692. The first-order valence-electron chi connectivity index (χ1n) is 6.85. The van der Waals surface area contributed by atoms with Crippen LogP contribution < -0.4 is 5.73 Å². The summed E-state index contributed by atoms with van der Waals surface area (Å²) >= 11 is 0. The third-order valence-electron chi connectivity index (χ3n) is 4.13. The van der Waals surface area contributed by atoms with Gasteiger partial charge in [-0.2, -0.15) is 0 Å². The van der Waals surface area contributed by atoms with E-state index in [0.717, 1.165) is 44.0 Å². The van der Waals surface area contributed by atoms with Gasteiger partial charge in [0.25, 0.3) is 0 Å². The Kier molecular flexibility index (Phi) is 3.18. The first kappa shape index (κ1) is 12.5. The summed E-state index contributed by atoms with van der Waals surface area (Å²) in [4.78, 5) is 17.7. The Morgan fingerprint density at radius 2 is 2.11 bits per heavy atom. The highest BCUT2D eigenvalue weighted by molar-refractivity contribution is 5.72. The molecule has 0 atom stereocenters. The minimum absolute atomic E-state index is 0.348. The summed E-state index contributed by atoms with van der Waals surface area (Å²) < 4.78 is 7.70. The maximum atomic E-state index is 11.3. The lowest BCUT2D eigenvalue weighted by molar-refractivity contribution is 0.0823. The molecule has 1 aromatic rings. The second-order valence-corrected chi connectivity index (χ2v) is 5.30. The molecule has 2 amide bonds. The zero-order valence-corrected chi connectivity index (χ0v) is 11.3. The largest absolute Gasteiger partial charge is 0.381 e. The molecule has 1 fully saturated rings. The van der Waals surface area contributed by atoms with E-state index in [0.29, 0.717) is 19.0 Å². The van der Waals surface area contributed by atoms with E-state index in [1.54, 1.807) is 4.90 Å². The van der Waals surface area contributed by atoms with Crippen LogP contribution in [-0.2, 0) is 17.8 Å². The average Bonchev–Trinajstić information content (AvgIpc) is 2.77. The van der Waals surface area contributed by atoms with Crippen molar-refractivity contribution in [3.8, 4) is 0 Å². The second-order valence-electron chi connectivity index (χ2n) is 5.30. The number of aryl methyl sites for hydroxylation is 1. The van der Waals surface area contributed by atoms with Crippen molar-refractivity contribution < 1.29 is 9.53 Å². The number of aromatic nitrogens is 2. The molecule has 104 valence electrons. The zero-order valence-electron chi connectivity index (χ0n) is 11.3. The third kappa shape index (κ3) is 2.20. The minimum Gasteiger partial charge on any atom is -0.381 e. The summed E-state index contributed by atoms with van der Waals surface area (Å²) in [7, 11) is 0. The Balaban J connectivity index is 1.89. The monoisotopic (exact) mass is 264 g/mol. The van der Waals surface area contributed by atoms with Gasteiger partial charge in [-0.3, -0.25) is 0 Å². The van der Waals surface area contributed by atoms with Crippen LogP contribution in [0.5, 0.6) is 0 Å². The molecule has 1 saturated heterocycles. The predicted molar refractivity (Wildman–Crippen MR) is 69.8 cm³/mol. The molecular weight excluding hydrogens is 244 g/mol. The van der Waals surface area contributed by atoms with Crippen LogP contribution in [-0.4, -0.2) is 40.2 Å². The topological polar surface area (TPSA) is 73.4 Å². The zero-order chi connectivity index (χ0) is 13.4. The van der Waals surface area contributed by atoms with E-state index >= 15 is 0 Å². The first-order chi connectivity index (χ1) is 9.16. The van der Waals surface area contributed by atoms with E-state index in [1.807, 2.05) is 6.92 Å². The average molecular weight is 264 g/mol. The first-order valence-corrected chi connectivity index (χ1v) is 6.85. The van der Waals surface area contributed by atoms with Crippen LogP contribution in [0, 0.1) is 6.92 Å². The number of imidazole rings is 1. The fourth-order valence-corrected chi connectivity index (χ4v) is 3.02. The molecule has 0 radical (unpaired) electrons. The molecule has 3 heterocycles. The highest BCUT2D eigenvalue weighted by atomic mass is 16.5. The van der Waals surface area contributed by atoms with Crippen molar-refractivity contribution in [2.75, 3.05) is 19.8 Å². The van der Waals surface area contributed by atoms with Crippen LogP contribution in [0.25, 0.3) is 0 Å². The van der Waals surface area contributed by atoms with Gasteiger partial charge in [0.1, 0.15) is 5.82 Å². The summed E-state index contributed by atoms with van der Waals surface area (Å²) in [5, 5.41) is 0. The lowest BCUT2D eigenvalue weighted by atomic mass is 9.99. The molecule has 2 aliphatic heterocycles. The van der Waals surface area contributed by atoms with Crippen molar-refractivity contribution >= 4 is 6.03 Å². The number of hydrogen-bond donors (Lipinski definition) is 1. The van der Waals surface area contributed by atoms with Crippen LogP contribution in [0.4, 0.5) is 4.79 Å². The van der Waals surface area contributed by atoms with E-state index < -0.39 is 0 Å². The lowest BCUT2D eigenvalue weighted by Gasteiger charge is -2.29. The van der Waals surface area contributed by atoms with E-state index in [4.69, 9.17) is 15.5 Å². The lowest BCUT2D eigenvalue weighted by Crippen LogP contribution is -2.41. The molecule has 6 heteroatoms. The van der Waals surface area contributed by atoms with Gasteiger partial charge in [0, 0.05) is 32.2 Å². The van der Waals surface area contributed by atoms with E-state index in [-0.39, 0.29) is 6.03 Å². The molecule has 0 bridgehead atoms. The van der Waals surface area contributed by atoms with Gasteiger partial charge in [0.2, 0.25) is 0 Å². The molecule has 0 saturated carbocycles. The van der Waals surface area contributed by atoms with Crippen molar-refractivity contribution in [3.05, 3.63) is 17.2 Å². The molecule has 19 heavy (non-hydrogen) atoms.